The summed E-state index contributed by atoms with van der Waals surface area (Å²) in [5.41, 5.74) is 10.7. The standard InChI is InChI=1S/2C14H15.2CH3.2ClH.GeH2.Zr/c2*1-3-12-7-9-13(10-8-12)14-6-4-5-11(14)2;;;;;;/h2*6-10H,3-4H2,1-2H3;2*1H3;2*1H;1H2;/q4*-1;;;;. The van der Waals surface area contributed by atoms with E-state index in [1.807, 2.05) is 0 Å². The molecule has 0 radical (unpaired) electrons. The van der Waals surface area contributed by atoms with Crippen molar-refractivity contribution < 1.29 is 21.6 Å². The third-order valence-electron chi connectivity index (χ3n) is 5.50. The molecule has 0 heterocycles. The van der Waals surface area contributed by atoms with E-state index in [2.05, 4.69) is 101 Å². The van der Waals surface area contributed by atoms with Crippen molar-refractivity contribution in [2.75, 3.05) is 0 Å². The first-order valence-electron chi connectivity index (χ1n) is 10.7. The second-order valence-corrected chi connectivity index (χ2v) is 7.35. The molecule has 4 heteroatoms. The van der Waals surface area contributed by atoms with Crippen LogP contribution in [0.3, 0.4) is 0 Å². The van der Waals surface area contributed by atoms with Crippen LogP contribution < -0.4 is 0 Å². The van der Waals surface area contributed by atoms with Gasteiger partial charge in [0.2, 0.25) is 0 Å². The van der Waals surface area contributed by atoms with E-state index < -0.39 is 0 Å². The van der Waals surface area contributed by atoms with Crippen LogP contribution >= 0.6 is 24.8 Å². The molecular weight excluding hydrogens is 595 g/mol. The number of halogens is 2. The molecule has 0 saturated carbocycles. The van der Waals surface area contributed by atoms with Crippen LogP contribution in [0, 0.1) is 27.0 Å². The number of hydrogen-bond donors (Lipinski definition) is 0. The van der Waals surface area contributed by atoms with Gasteiger partial charge in [-0.25, -0.2) is 11.1 Å². The Morgan fingerprint density at radius 2 is 0.941 bits per heavy atom. The molecule has 34 heavy (non-hydrogen) atoms. The summed E-state index contributed by atoms with van der Waals surface area (Å²) in [6, 6.07) is 17.7. The van der Waals surface area contributed by atoms with Crippen LogP contribution in [-0.4, -0.2) is 12.1 Å². The molecule has 0 aromatic heterocycles. The van der Waals surface area contributed by atoms with E-state index in [1.54, 1.807) is 21.6 Å². The van der Waals surface area contributed by atoms with E-state index in [0.717, 1.165) is 25.7 Å². The molecule has 0 spiro atoms. The Morgan fingerprint density at radius 1 is 0.647 bits per heavy atom. The summed E-state index contributed by atoms with van der Waals surface area (Å²) in [5, 5.41) is 0. The van der Waals surface area contributed by atoms with Crippen molar-refractivity contribution in [2.45, 2.75) is 53.4 Å². The maximum absolute atomic E-state index is 3.32. The first kappa shape index (κ1) is 37.9. The zero-order chi connectivity index (χ0) is 21.9. The van der Waals surface area contributed by atoms with Gasteiger partial charge in [-0.3, -0.25) is 12.2 Å². The summed E-state index contributed by atoms with van der Waals surface area (Å²) in [6.45, 7) is 8.63. The molecule has 0 atom stereocenters. The predicted molar refractivity (Wildman–Crippen MR) is 158 cm³/mol. The van der Waals surface area contributed by atoms with Gasteiger partial charge in [0.25, 0.3) is 0 Å². The van der Waals surface area contributed by atoms with Crippen LogP contribution in [0.4, 0.5) is 0 Å². The molecule has 2 aromatic carbocycles. The maximum atomic E-state index is 3.32. The van der Waals surface area contributed by atoms with Gasteiger partial charge >= 0.3 is 33.7 Å². The third-order valence-corrected chi connectivity index (χ3v) is 5.50. The monoisotopic (exact) mass is 634 g/mol. The summed E-state index contributed by atoms with van der Waals surface area (Å²) >= 11 is 3.14. The molecule has 0 bridgehead atoms. The fourth-order valence-electron chi connectivity index (χ4n) is 3.62. The Hall–Kier alpha value is -0.594. The number of benzene rings is 2. The molecule has 2 aromatic rings. The Balaban J connectivity index is -0.000000475. The molecule has 0 unspecified atom stereocenters. The molecule has 2 aliphatic carbocycles. The Bertz CT molecular complexity index is 873. The second kappa shape index (κ2) is 20.6. The van der Waals surface area contributed by atoms with E-state index >= 15 is 0 Å². The van der Waals surface area contributed by atoms with Crippen molar-refractivity contribution in [3.05, 3.63) is 121 Å². The van der Waals surface area contributed by atoms with Gasteiger partial charge < -0.3 is 14.9 Å². The summed E-state index contributed by atoms with van der Waals surface area (Å²) in [5.74, 6) is 0. The SMILES string of the molecule is CCc1ccc(C2=CC[C-]=C2C)cc1.CCc1ccc(C2=CC[C-]=C2C)cc1.Cl.Cl.[CH3-].[CH3-].[GeH2]=[Zr]. The van der Waals surface area contributed by atoms with Crippen molar-refractivity contribution in [3.63, 3.8) is 0 Å². The van der Waals surface area contributed by atoms with Crippen molar-refractivity contribution in [3.8, 4) is 0 Å². The van der Waals surface area contributed by atoms with E-state index in [0.29, 0.717) is 0 Å². The zero-order valence-electron chi connectivity index (χ0n) is 21.6. The Morgan fingerprint density at radius 3 is 1.15 bits per heavy atom. The summed E-state index contributed by atoms with van der Waals surface area (Å²) in [7, 11) is 0. The van der Waals surface area contributed by atoms with Crippen LogP contribution in [0.15, 0.2) is 71.8 Å². The molecule has 4 rings (SSSR count). The normalized spacial score (nSPS) is 12.7. The summed E-state index contributed by atoms with van der Waals surface area (Å²) < 4.78 is 0. The molecule has 0 nitrogen and oxygen atoms in total. The first-order valence-corrected chi connectivity index (χ1v) is 21.2. The van der Waals surface area contributed by atoms with Gasteiger partial charge in [0.1, 0.15) is 0 Å². The zero-order valence-corrected chi connectivity index (χ0v) is 28.7. The van der Waals surface area contributed by atoms with E-state index in [1.165, 1.54) is 56.7 Å². The number of rotatable bonds is 4. The molecular formula is C30H40Cl2GeZr-4. The first-order chi connectivity index (χ1) is 14.6. The Labute approximate surface area is 242 Å². The van der Waals surface area contributed by atoms with Gasteiger partial charge in [-0.2, -0.15) is 23.3 Å². The third kappa shape index (κ3) is 11.0. The quantitative estimate of drug-likeness (QED) is 0.234. The van der Waals surface area contributed by atoms with Crippen molar-refractivity contribution in [2.24, 2.45) is 0 Å². The molecule has 2 aliphatic rings. The van der Waals surface area contributed by atoms with Crippen LogP contribution in [-0.2, 0) is 34.4 Å². The number of allylic oxidation sites excluding steroid dienone is 8. The minimum atomic E-state index is 0. The minimum absolute atomic E-state index is 0. The van der Waals surface area contributed by atoms with Gasteiger partial charge in [-0.1, -0.05) is 76.2 Å². The van der Waals surface area contributed by atoms with Crippen LogP contribution in [0.5, 0.6) is 0 Å². The van der Waals surface area contributed by atoms with Crippen LogP contribution in [0.1, 0.15) is 62.8 Å². The average molecular weight is 635 g/mol. The Kier molecular flexibility index (Phi) is 23.0. The van der Waals surface area contributed by atoms with E-state index in [9.17, 15) is 0 Å². The number of hydrogen-bond acceptors (Lipinski definition) is 0. The van der Waals surface area contributed by atoms with Gasteiger partial charge in [0.05, 0.1) is 0 Å². The fourth-order valence-corrected chi connectivity index (χ4v) is 3.62. The topological polar surface area (TPSA) is 0 Å². The van der Waals surface area contributed by atoms with Crippen molar-refractivity contribution in [1.82, 2.24) is 0 Å². The molecule has 0 fully saturated rings. The van der Waals surface area contributed by atoms with Gasteiger partial charge in [0, 0.05) is 0 Å². The van der Waals surface area contributed by atoms with E-state index in [-0.39, 0.29) is 39.7 Å². The number of aryl methyl sites for hydroxylation is 2. The molecule has 186 valence electrons. The molecule has 0 amide bonds. The molecule has 0 N–H and O–H groups in total. The summed E-state index contributed by atoms with van der Waals surface area (Å²) in [4.78, 5) is 0. The van der Waals surface area contributed by atoms with E-state index in [4.69, 9.17) is 0 Å². The van der Waals surface area contributed by atoms with Gasteiger partial charge in [-0.05, 0) is 24.0 Å². The van der Waals surface area contributed by atoms with Gasteiger partial charge in [0.15, 0.2) is 0 Å². The van der Waals surface area contributed by atoms with Crippen LogP contribution in [0.2, 0.25) is 0 Å². The molecule has 0 aliphatic heterocycles. The van der Waals surface area contributed by atoms with Crippen LogP contribution in [0.25, 0.3) is 11.1 Å². The van der Waals surface area contributed by atoms with Crippen molar-refractivity contribution >= 4 is 48.1 Å². The summed E-state index contributed by atoms with van der Waals surface area (Å²) in [6.07, 6.45) is 15.3. The predicted octanol–water partition coefficient (Wildman–Crippen LogP) is 8.40. The second-order valence-electron chi connectivity index (χ2n) is 7.35. The molecule has 0 saturated heterocycles. The average Bonchev–Trinajstić information content (AvgIpc) is 3.43. The fraction of sp³-hybridized carbons (Fsp3) is 0.267. The van der Waals surface area contributed by atoms with Crippen molar-refractivity contribution in [1.29, 1.82) is 0 Å². The van der Waals surface area contributed by atoms with Gasteiger partial charge in [-0.15, -0.1) is 48.8 Å².